The minimum absolute atomic E-state index is 0.551. The number of aliphatic imine (C=N–C) groups is 1. The third kappa shape index (κ3) is 1.76. The van der Waals surface area contributed by atoms with E-state index in [0.717, 1.165) is 17.9 Å². The highest BCUT2D eigenvalue weighted by Gasteiger charge is 2.17. The zero-order valence-electron chi connectivity index (χ0n) is 9.38. The lowest BCUT2D eigenvalue weighted by Crippen LogP contribution is -2.38. The van der Waals surface area contributed by atoms with Gasteiger partial charge in [-0.2, -0.15) is 0 Å². The molecular formula is C14H13N3. The molecule has 3 heteroatoms. The van der Waals surface area contributed by atoms with E-state index < -0.39 is 0 Å². The number of fused-ring (bicyclic) bond motifs is 1. The lowest BCUT2D eigenvalue weighted by molar-refractivity contribution is 0.967. The average Bonchev–Trinajstić information content (AvgIpc) is 2.39. The highest BCUT2D eigenvalue weighted by Crippen LogP contribution is 2.27. The maximum absolute atomic E-state index is 6.00. The van der Waals surface area contributed by atoms with E-state index in [-0.39, 0.29) is 0 Å². The molecule has 0 aromatic heterocycles. The summed E-state index contributed by atoms with van der Waals surface area (Å²) in [7, 11) is 0. The molecule has 0 spiro atoms. The van der Waals surface area contributed by atoms with Crippen LogP contribution in [0.4, 0.5) is 11.4 Å². The summed E-state index contributed by atoms with van der Waals surface area (Å²) in [6.07, 6.45) is 0. The molecule has 2 N–H and O–H groups in total. The van der Waals surface area contributed by atoms with Gasteiger partial charge in [0.25, 0.3) is 0 Å². The Bertz CT molecular complexity index is 561. The molecule has 0 saturated carbocycles. The number of guanidine groups is 1. The minimum Gasteiger partial charge on any atom is -0.369 e. The van der Waals surface area contributed by atoms with Crippen molar-refractivity contribution >= 4 is 17.3 Å². The fourth-order valence-electron chi connectivity index (χ4n) is 2.02. The zero-order valence-corrected chi connectivity index (χ0v) is 9.38. The molecule has 0 aliphatic carbocycles. The largest absolute Gasteiger partial charge is 0.369 e. The Labute approximate surface area is 100 Å². The Morgan fingerprint density at radius 3 is 2.47 bits per heavy atom. The fraction of sp³-hybridized carbons (Fsp3) is 0.0714. The van der Waals surface area contributed by atoms with Crippen molar-refractivity contribution in [3.8, 4) is 0 Å². The summed E-state index contributed by atoms with van der Waals surface area (Å²) in [4.78, 5) is 6.44. The van der Waals surface area contributed by atoms with Gasteiger partial charge in [0.15, 0.2) is 0 Å². The van der Waals surface area contributed by atoms with Crippen LogP contribution in [0.1, 0.15) is 5.56 Å². The summed E-state index contributed by atoms with van der Waals surface area (Å²) < 4.78 is 0. The second-order valence-corrected chi connectivity index (χ2v) is 4.02. The topological polar surface area (TPSA) is 41.6 Å². The molecule has 0 bridgehead atoms. The van der Waals surface area contributed by atoms with Crippen molar-refractivity contribution in [2.45, 2.75) is 6.54 Å². The van der Waals surface area contributed by atoms with Crippen molar-refractivity contribution in [3.63, 3.8) is 0 Å². The van der Waals surface area contributed by atoms with Crippen LogP contribution in [0.2, 0.25) is 0 Å². The Hall–Kier alpha value is -2.29. The molecule has 3 rings (SSSR count). The van der Waals surface area contributed by atoms with Gasteiger partial charge in [0.2, 0.25) is 5.96 Å². The van der Waals surface area contributed by atoms with Crippen LogP contribution in [0, 0.1) is 0 Å². The highest BCUT2D eigenvalue weighted by molar-refractivity contribution is 5.98. The molecule has 0 unspecified atom stereocenters. The molecular weight excluding hydrogens is 210 g/mol. The first-order valence-corrected chi connectivity index (χ1v) is 5.59. The van der Waals surface area contributed by atoms with Crippen molar-refractivity contribution in [3.05, 3.63) is 60.2 Å². The number of nitrogens with zero attached hydrogens (tertiary/aromatic N) is 2. The maximum atomic E-state index is 6.00. The minimum atomic E-state index is 0.551. The molecule has 2 aromatic carbocycles. The fourth-order valence-corrected chi connectivity index (χ4v) is 2.02. The first-order chi connectivity index (χ1) is 8.34. The van der Waals surface area contributed by atoms with Crippen LogP contribution in [-0.4, -0.2) is 5.96 Å². The van der Waals surface area contributed by atoms with Gasteiger partial charge in [-0.05, 0) is 23.8 Å². The van der Waals surface area contributed by atoms with Crippen LogP contribution in [0.5, 0.6) is 0 Å². The van der Waals surface area contributed by atoms with Gasteiger partial charge >= 0.3 is 0 Å². The highest BCUT2D eigenvalue weighted by atomic mass is 15.3. The Morgan fingerprint density at radius 1 is 0.941 bits per heavy atom. The third-order valence-electron chi connectivity index (χ3n) is 2.90. The Kier molecular flexibility index (Phi) is 2.29. The average molecular weight is 223 g/mol. The lowest BCUT2D eigenvalue weighted by atomic mass is 10.1. The summed E-state index contributed by atoms with van der Waals surface area (Å²) >= 11 is 0. The van der Waals surface area contributed by atoms with E-state index >= 15 is 0 Å². The van der Waals surface area contributed by atoms with Crippen LogP contribution < -0.4 is 10.6 Å². The lowest BCUT2D eigenvalue weighted by Gasteiger charge is -2.28. The summed E-state index contributed by atoms with van der Waals surface area (Å²) in [5, 5.41) is 0. The van der Waals surface area contributed by atoms with E-state index in [1.54, 1.807) is 0 Å². The van der Waals surface area contributed by atoms with Crippen molar-refractivity contribution in [1.29, 1.82) is 0 Å². The first-order valence-electron chi connectivity index (χ1n) is 5.59. The van der Waals surface area contributed by atoms with Crippen molar-refractivity contribution in [2.24, 2.45) is 10.7 Å². The van der Waals surface area contributed by atoms with Crippen molar-refractivity contribution < 1.29 is 0 Å². The maximum Gasteiger partial charge on any atom is 0.201 e. The number of nitrogens with two attached hydrogens (primary N) is 1. The molecule has 17 heavy (non-hydrogen) atoms. The van der Waals surface area contributed by atoms with Crippen LogP contribution in [0.15, 0.2) is 59.6 Å². The molecule has 0 radical (unpaired) electrons. The molecule has 0 fully saturated rings. The Morgan fingerprint density at radius 2 is 1.65 bits per heavy atom. The molecule has 0 saturated heterocycles. The van der Waals surface area contributed by atoms with E-state index in [2.05, 4.69) is 11.1 Å². The van der Waals surface area contributed by atoms with Gasteiger partial charge < -0.3 is 10.6 Å². The SMILES string of the molecule is NC1=Nc2ccccc2CN1c1ccccc1. The summed E-state index contributed by atoms with van der Waals surface area (Å²) in [5.41, 5.74) is 9.24. The monoisotopic (exact) mass is 223 g/mol. The van der Waals surface area contributed by atoms with Crippen LogP contribution in [0.3, 0.4) is 0 Å². The van der Waals surface area contributed by atoms with E-state index in [4.69, 9.17) is 5.73 Å². The molecule has 0 atom stereocenters. The summed E-state index contributed by atoms with van der Waals surface area (Å²) in [6, 6.07) is 18.2. The predicted octanol–water partition coefficient (Wildman–Crippen LogP) is 2.65. The van der Waals surface area contributed by atoms with Gasteiger partial charge in [-0.25, -0.2) is 4.99 Å². The van der Waals surface area contributed by atoms with E-state index in [0.29, 0.717) is 5.96 Å². The summed E-state index contributed by atoms with van der Waals surface area (Å²) in [6.45, 7) is 0.773. The van der Waals surface area contributed by atoms with E-state index in [1.165, 1.54) is 5.56 Å². The number of benzene rings is 2. The molecule has 3 nitrogen and oxygen atoms in total. The van der Waals surface area contributed by atoms with Gasteiger partial charge in [0.05, 0.1) is 12.2 Å². The van der Waals surface area contributed by atoms with Gasteiger partial charge in [-0.1, -0.05) is 36.4 Å². The number of hydrogen-bond donors (Lipinski definition) is 1. The van der Waals surface area contributed by atoms with Crippen LogP contribution >= 0.6 is 0 Å². The van der Waals surface area contributed by atoms with Crippen LogP contribution in [0.25, 0.3) is 0 Å². The quantitative estimate of drug-likeness (QED) is 0.807. The van der Waals surface area contributed by atoms with Crippen molar-refractivity contribution in [1.82, 2.24) is 0 Å². The number of anilines is 1. The van der Waals surface area contributed by atoms with Gasteiger partial charge in [0, 0.05) is 5.69 Å². The molecule has 1 aliphatic rings. The number of para-hydroxylation sites is 2. The Balaban J connectivity index is 2.02. The summed E-state index contributed by atoms with van der Waals surface area (Å²) in [5.74, 6) is 0.551. The van der Waals surface area contributed by atoms with E-state index in [1.807, 2.05) is 53.4 Å². The molecule has 84 valence electrons. The van der Waals surface area contributed by atoms with Crippen molar-refractivity contribution in [2.75, 3.05) is 4.90 Å². The molecule has 1 aliphatic heterocycles. The normalized spacial score (nSPS) is 14.1. The van der Waals surface area contributed by atoms with E-state index in [9.17, 15) is 0 Å². The van der Waals surface area contributed by atoms with Gasteiger partial charge in [-0.3, -0.25) is 0 Å². The third-order valence-corrected chi connectivity index (χ3v) is 2.90. The van der Waals surface area contributed by atoms with Gasteiger partial charge in [-0.15, -0.1) is 0 Å². The smallest absolute Gasteiger partial charge is 0.201 e. The zero-order chi connectivity index (χ0) is 11.7. The number of hydrogen-bond acceptors (Lipinski definition) is 3. The molecule has 1 heterocycles. The second-order valence-electron chi connectivity index (χ2n) is 4.02. The standard InChI is InChI=1S/C14H13N3/c15-14-16-13-9-5-4-6-11(13)10-17(14)12-7-2-1-3-8-12/h1-9H,10H2,(H2,15,16). The molecule has 2 aromatic rings. The predicted molar refractivity (Wildman–Crippen MR) is 70.3 cm³/mol. The first kappa shape index (κ1) is 9.90. The number of rotatable bonds is 1. The van der Waals surface area contributed by atoms with Crippen LogP contribution in [-0.2, 0) is 6.54 Å². The molecule has 0 amide bonds. The second kappa shape index (κ2) is 3.94. The van der Waals surface area contributed by atoms with Gasteiger partial charge in [0.1, 0.15) is 0 Å².